The Morgan fingerprint density at radius 1 is 1.44 bits per heavy atom. The molecular formula is C13H18N4O. The van der Waals surface area contributed by atoms with Gasteiger partial charge in [-0.25, -0.2) is 0 Å². The van der Waals surface area contributed by atoms with E-state index in [2.05, 4.69) is 15.5 Å². The number of hydrogen-bond donors (Lipinski definition) is 2. The highest BCUT2D eigenvalue weighted by molar-refractivity contribution is 6.04. The van der Waals surface area contributed by atoms with Crippen LogP contribution in [0.1, 0.15) is 17.4 Å². The second-order valence-electron chi connectivity index (χ2n) is 4.75. The first kappa shape index (κ1) is 12.6. The largest absolute Gasteiger partial charge is 0.347 e. The summed E-state index contributed by atoms with van der Waals surface area (Å²) in [4.78, 5) is 14.1. The number of nitrogens with one attached hydrogen (secondary N) is 2. The number of nitrogens with zero attached hydrogens (tertiary/aromatic N) is 2. The van der Waals surface area contributed by atoms with Crippen molar-refractivity contribution in [2.24, 2.45) is 0 Å². The lowest BCUT2D eigenvalue weighted by atomic mass is 10.2. The monoisotopic (exact) mass is 246 g/mol. The third kappa shape index (κ3) is 2.68. The average molecular weight is 246 g/mol. The first-order chi connectivity index (χ1) is 8.58. The molecule has 1 aromatic heterocycles. The van der Waals surface area contributed by atoms with Crippen LogP contribution in [-0.2, 0) is 0 Å². The Morgan fingerprint density at radius 3 is 2.89 bits per heavy atom. The summed E-state index contributed by atoms with van der Waals surface area (Å²) in [5.41, 5.74) is 1.33. The molecule has 5 nitrogen and oxygen atoms in total. The van der Waals surface area contributed by atoms with Crippen LogP contribution in [0.15, 0.2) is 24.3 Å². The number of aromatic amines is 1. The molecule has 0 saturated heterocycles. The quantitative estimate of drug-likeness (QED) is 0.853. The number of fused-ring (bicyclic) bond motifs is 1. The summed E-state index contributed by atoms with van der Waals surface area (Å²) in [7, 11) is 3.96. The van der Waals surface area contributed by atoms with Gasteiger partial charge in [0.15, 0.2) is 5.69 Å². The Kier molecular flexibility index (Phi) is 3.62. The molecule has 0 spiro atoms. The molecule has 1 atom stereocenters. The van der Waals surface area contributed by atoms with Gasteiger partial charge in [-0.3, -0.25) is 9.89 Å². The molecule has 1 heterocycles. The van der Waals surface area contributed by atoms with Gasteiger partial charge in [-0.2, -0.15) is 5.10 Å². The zero-order valence-electron chi connectivity index (χ0n) is 10.9. The van der Waals surface area contributed by atoms with Crippen molar-refractivity contribution in [3.8, 4) is 0 Å². The van der Waals surface area contributed by atoms with Gasteiger partial charge < -0.3 is 10.2 Å². The van der Waals surface area contributed by atoms with Crippen molar-refractivity contribution in [1.82, 2.24) is 20.4 Å². The summed E-state index contributed by atoms with van der Waals surface area (Å²) in [6.07, 6.45) is 0. The molecule has 1 unspecified atom stereocenters. The molecule has 0 aliphatic heterocycles. The number of rotatable bonds is 4. The number of benzene rings is 1. The number of carbonyl (C=O) groups excluding carboxylic acids is 1. The fourth-order valence-corrected chi connectivity index (χ4v) is 2.02. The van der Waals surface area contributed by atoms with Crippen LogP contribution in [0, 0.1) is 0 Å². The number of aromatic nitrogens is 2. The summed E-state index contributed by atoms with van der Waals surface area (Å²) < 4.78 is 0. The minimum atomic E-state index is -0.137. The van der Waals surface area contributed by atoms with Gasteiger partial charge in [-0.1, -0.05) is 18.2 Å². The van der Waals surface area contributed by atoms with Crippen molar-refractivity contribution >= 4 is 16.8 Å². The summed E-state index contributed by atoms with van der Waals surface area (Å²) in [6.45, 7) is 2.78. The van der Waals surface area contributed by atoms with Gasteiger partial charge in [0, 0.05) is 18.0 Å². The van der Waals surface area contributed by atoms with Gasteiger partial charge >= 0.3 is 0 Å². The molecule has 1 aromatic carbocycles. The Labute approximate surface area is 106 Å². The van der Waals surface area contributed by atoms with Crippen LogP contribution in [0.25, 0.3) is 10.9 Å². The van der Waals surface area contributed by atoms with Gasteiger partial charge in [-0.05, 0) is 27.1 Å². The molecule has 96 valence electrons. The lowest BCUT2D eigenvalue weighted by molar-refractivity contribution is 0.0931. The van der Waals surface area contributed by atoms with Crippen LogP contribution in [-0.4, -0.2) is 47.7 Å². The Morgan fingerprint density at radius 2 is 2.17 bits per heavy atom. The van der Waals surface area contributed by atoms with Crippen LogP contribution < -0.4 is 5.32 Å². The molecule has 2 rings (SSSR count). The Bertz CT molecular complexity index is 547. The van der Waals surface area contributed by atoms with Crippen LogP contribution in [0.4, 0.5) is 0 Å². The third-order valence-electron chi connectivity index (χ3n) is 2.70. The number of H-pyrrole nitrogens is 1. The van der Waals surface area contributed by atoms with E-state index in [1.165, 1.54) is 0 Å². The zero-order chi connectivity index (χ0) is 13.1. The van der Waals surface area contributed by atoms with Crippen molar-refractivity contribution in [1.29, 1.82) is 0 Å². The molecule has 2 N–H and O–H groups in total. The summed E-state index contributed by atoms with van der Waals surface area (Å²) in [6, 6.07) is 7.70. The van der Waals surface area contributed by atoms with Gasteiger partial charge in [-0.15, -0.1) is 0 Å². The molecule has 2 aromatic rings. The fourth-order valence-electron chi connectivity index (χ4n) is 2.02. The van der Waals surface area contributed by atoms with E-state index in [4.69, 9.17) is 0 Å². The van der Waals surface area contributed by atoms with Gasteiger partial charge in [0.1, 0.15) is 0 Å². The van der Waals surface area contributed by atoms with Gasteiger partial charge in [0.05, 0.1) is 5.52 Å². The normalized spacial score (nSPS) is 12.9. The molecular weight excluding hydrogens is 228 g/mol. The van der Waals surface area contributed by atoms with E-state index in [1.807, 2.05) is 50.2 Å². The number of para-hydroxylation sites is 1. The van der Waals surface area contributed by atoms with Gasteiger partial charge in [0.25, 0.3) is 5.91 Å². The van der Waals surface area contributed by atoms with E-state index < -0.39 is 0 Å². The van der Waals surface area contributed by atoms with E-state index in [0.29, 0.717) is 5.69 Å². The second-order valence-corrected chi connectivity index (χ2v) is 4.75. The SMILES string of the molecule is CC(CN(C)C)NC(=O)c1n[nH]c2ccccc12. The fraction of sp³-hybridized carbons (Fsp3) is 0.385. The lowest BCUT2D eigenvalue weighted by Gasteiger charge is -2.17. The summed E-state index contributed by atoms with van der Waals surface area (Å²) in [5, 5.41) is 10.7. The van der Waals surface area contributed by atoms with Crippen molar-refractivity contribution in [3.05, 3.63) is 30.0 Å². The van der Waals surface area contributed by atoms with E-state index >= 15 is 0 Å². The molecule has 5 heteroatoms. The number of amides is 1. The molecule has 0 fully saturated rings. The first-order valence-corrected chi connectivity index (χ1v) is 5.96. The van der Waals surface area contributed by atoms with Crippen molar-refractivity contribution in [2.45, 2.75) is 13.0 Å². The minimum absolute atomic E-state index is 0.0861. The van der Waals surface area contributed by atoms with E-state index in [-0.39, 0.29) is 11.9 Å². The van der Waals surface area contributed by atoms with Crippen molar-refractivity contribution < 1.29 is 4.79 Å². The molecule has 0 aliphatic rings. The molecule has 0 aliphatic carbocycles. The molecule has 1 amide bonds. The van der Waals surface area contributed by atoms with Crippen LogP contribution >= 0.6 is 0 Å². The van der Waals surface area contributed by atoms with Crippen LogP contribution in [0.2, 0.25) is 0 Å². The maximum absolute atomic E-state index is 12.1. The molecule has 0 bridgehead atoms. The average Bonchev–Trinajstić information content (AvgIpc) is 2.71. The Hall–Kier alpha value is -1.88. The second kappa shape index (κ2) is 5.18. The molecule has 0 saturated carbocycles. The predicted molar refractivity (Wildman–Crippen MR) is 71.6 cm³/mol. The maximum atomic E-state index is 12.1. The van der Waals surface area contributed by atoms with Crippen LogP contribution in [0.3, 0.4) is 0 Å². The molecule has 18 heavy (non-hydrogen) atoms. The van der Waals surface area contributed by atoms with Crippen molar-refractivity contribution in [2.75, 3.05) is 20.6 Å². The minimum Gasteiger partial charge on any atom is -0.347 e. The van der Waals surface area contributed by atoms with E-state index in [1.54, 1.807) is 0 Å². The van der Waals surface area contributed by atoms with E-state index in [9.17, 15) is 4.79 Å². The van der Waals surface area contributed by atoms with E-state index in [0.717, 1.165) is 17.4 Å². The Balaban J connectivity index is 2.14. The standard InChI is InChI=1S/C13H18N4O/c1-9(8-17(2)3)14-13(18)12-10-6-4-5-7-11(10)15-16-12/h4-7,9H,8H2,1-3H3,(H,14,18)(H,15,16). The third-order valence-corrected chi connectivity index (χ3v) is 2.70. The van der Waals surface area contributed by atoms with Crippen molar-refractivity contribution in [3.63, 3.8) is 0 Å². The first-order valence-electron chi connectivity index (χ1n) is 5.96. The molecule has 0 radical (unpaired) electrons. The predicted octanol–water partition coefficient (Wildman–Crippen LogP) is 1.24. The summed E-state index contributed by atoms with van der Waals surface area (Å²) >= 11 is 0. The highest BCUT2D eigenvalue weighted by atomic mass is 16.2. The highest BCUT2D eigenvalue weighted by Gasteiger charge is 2.15. The zero-order valence-corrected chi connectivity index (χ0v) is 10.9. The number of likely N-dealkylation sites (N-methyl/N-ethyl adjacent to an activating group) is 1. The highest BCUT2D eigenvalue weighted by Crippen LogP contribution is 2.14. The summed E-state index contributed by atoms with van der Waals surface area (Å²) in [5.74, 6) is -0.137. The lowest BCUT2D eigenvalue weighted by Crippen LogP contribution is -2.39. The topological polar surface area (TPSA) is 61.0 Å². The number of carbonyl (C=O) groups is 1. The van der Waals surface area contributed by atoms with Gasteiger partial charge in [0.2, 0.25) is 0 Å². The van der Waals surface area contributed by atoms with Crippen LogP contribution in [0.5, 0.6) is 0 Å². The smallest absolute Gasteiger partial charge is 0.272 e. The maximum Gasteiger partial charge on any atom is 0.272 e. The number of hydrogen-bond acceptors (Lipinski definition) is 3.